The van der Waals surface area contributed by atoms with E-state index in [1.165, 1.54) is 0 Å². The highest BCUT2D eigenvalue weighted by atomic mass is 16.3. The molecular weight excluding hydrogens is 176 g/mol. The number of rotatable bonds is 1. The molecule has 4 N–H and O–H groups in total. The Hall–Kier alpha value is -1.06. The molecule has 14 heavy (non-hydrogen) atoms. The van der Waals surface area contributed by atoms with Crippen molar-refractivity contribution in [3.63, 3.8) is 0 Å². The SMILES string of the molecule is Nc1cccc(C2(O)CCCNC2)c1. The molecule has 76 valence electrons. The lowest BCUT2D eigenvalue weighted by Gasteiger charge is -2.33. The number of hydrogen-bond acceptors (Lipinski definition) is 3. The monoisotopic (exact) mass is 192 g/mol. The zero-order chi connectivity index (χ0) is 10.0. The average molecular weight is 192 g/mol. The molecule has 3 heteroatoms. The maximum atomic E-state index is 10.3. The first kappa shape index (κ1) is 9.49. The summed E-state index contributed by atoms with van der Waals surface area (Å²) in [5.41, 5.74) is 6.59. The van der Waals surface area contributed by atoms with Crippen molar-refractivity contribution in [1.82, 2.24) is 5.32 Å². The molecule has 0 saturated carbocycles. The molecule has 3 nitrogen and oxygen atoms in total. The fraction of sp³-hybridized carbons (Fsp3) is 0.455. The number of β-amino-alcohol motifs (C(OH)–C–C–N with tert-alkyl or cyclic N) is 1. The highest BCUT2D eigenvalue weighted by molar-refractivity contribution is 5.42. The van der Waals surface area contributed by atoms with Crippen LogP contribution in [0.4, 0.5) is 5.69 Å². The Labute approximate surface area is 83.9 Å². The minimum Gasteiger partial charge on any atom is -0.399 e. The minimum atomic E-state index is -0.729. The van der Waals surface area contributed by atoms with E-state index < -0.39 is 5.60 Å². The lowest BCUT2D eigenvalue weighted by atomic mass is 9.86. The predicted octanol–water partition coefficient (Wildman–Crippen LogP) is 0.840. The van der Waals surface area contributed by atoms with Crippen LogP contribution in [0.3, 0.4) is 0 Å². The molecule has 1 aliphatic heterocycles. The Kier molecular flexibility index (Phi) is 2.44. The van der Waals surface area contributed by atoms with Crippen molar-refractivity contribution in [3.05, 3.63) is 29.8 Å². The van der Waals surface area contributed by atoms with E-state index in [1.54, 1.807) is 0 Å². The third-order valence-corrected chi connectivity index (χ3v) is 2.79. The van der Waals surface area contributed by atoms with Crippen LogP contribution in [0.15, 0.2) is 24.3 Å². The van der Waals surface area contributed by atoms with Crippen molar-refractivity contribution >= 4 is 5.69 Å². The summed E-state index contributed by atoms with van der Waals surface area (Å²) in [7, 11) is 0. The molecule has 1 heterocycles. The number of nitrogens with one attached hydrogen (secondary N) is 1. The van der Waals surface area contributed by atoms with E-state index in [4.69, 9.17) is 5.73 Å². The standard InChI is InChI=1S/C11H16N2O/c12-10-4-1-3-9(7-10)11(14)5-2-6-13-8-11/h1,3-4,7,13-14H,2,5-6,8,12H2. The summed E-state index contributed by atoms with van der Waals surface area (Å²) in [6.07, 6.45) is 1.81. The van der Waals surface area contributed by atoms with E-state index in [1.807, 2.05) is 24.3 Å². The van der Waals surface area contributed by atoms with E-state index in [2.05, 4.69) is 5.32 Å². The number of piperidine rings is 1. The Morgan fingerprint density at radius 3 is 2.93 bits per heavy atom. The Balaban J connectivity index is 2.28. The van der Waals surface area contributed by atoms with E-state index in [0.29, 0.717) is 12.2 Å². The average Bonchev–Trinajstić information content (AvgIpc) is 2.19. The number of benzene rings is 1. The minimum absolute atomic E-state index is 0.621. The first-order valence-corrected chi connectivity index (χ1v) is 5.00. The van der Waals surface area contributed by atoms with Gasteiger partial charge in [-0.05, 0) is 37.1 Å². The van der Waals surface area contributed by atoms with Crippen LogP contribution >= 0.6 is 0 Å². The van der Waals surface area contributed by atoms with Crippen molar-refractivity contribution < 1.29 is 5.11 Å². The lowest BCUT2D eigenvalue weighted by Crippen LogP contribution is -2.43. The molecule has 1 aliphatic rings. The van der Waals surface area contributed by atoms with Gasteiger partial charge in [0, 0.05) is 12.2 Å². The molecule has 0 aliphatic carbocycles. The van der Waals surface area contributed by atoms with Gasteiger partial charge in [-0.3, -0.25) is 0 Å². The van der Waals surface area contributed by atoms with Crippen molar-refractivity contribution in [3.8, 4) is 0 Å². The van der Waals surface area contributed by atoms with Crippen LogP contribution < -0.4 is 11.1 Å². The van der Waals surface area contributed by atoms with Crippen molar-refractivity contribution in [1.29, 1.82) is 0 Å². The quantitative estimate of drug-likeness (QED) is 0.578. The van der Waals surface area contributed by atoms with E-state index in [-0.39, 0.29) is 0 Å². The summed E-state index contributed by atoms with van der Waals surface area (Å²) in [5, 5.41) is 13.6. The molecule has 1 fully saturated rings. The van der Waals surface area contributed by atoms with Gasteiger partial charge in [0.1, 0.15) is 5.60 Å². The molecule has 1 aromatic rings. The van der Waals surface area contributed by atoms with Gasteiger partial charge < -0.3 is 16.2 Å². The van der Waals surface area contributed by atoms with Gasteiger partial charge in [0.05, 0.1) is 0 Å². The van der Waals surface area contributed by atoms with Gasteiger partial charge in [0.2, 0.25) is 0 Å². The van der Waals surface area contributed by atoms with Gasteiger partial charge in [0.15, 0.2) is 0 Å². The zero-order valence-corrected chi connectivity index (χ0v) is 8.16. The second kappa shape index (κ2) is 3.59. The zero-order valence-electron chi connectivity index (χ0n) is 8.16. The molecule has 0 amide bonds. The van der Waals surface area contributed by atoms with Crippen molar-refractivity contribution in [2.45, 2.75) is 18.4 Å². The Bertz CT molecular complexity index is 319. The van der Waals surface area contributed by atoms with Crippen LogP contribution in [0.1, 0.15) is 18.4 Å². The fourth-order valence-corrected chi connectivity index (χ4v) is 1.96. The number of nitrogens with two attached hydrogens (primary N) is 1. The van der Waals surface area contributed by atoms with Crippen molar-refractivity contribution in [2.24, 2.45) is 0 Å². The molecule has 0 bridgehead atoms. The number of hydrogen-bond donors (Lipinski definition) is 3. The van der Waals surface area contributed by atoms with Gasteiger partial charge in [0.25, 0.3) is 0 Å². The number of anilines is 1. The maximum Gasteiger partial charge on any atom is 0.102 e. The maximum absolute atomic E-state index is 10.3. The smallest absolute Gasteiger partial charge is 0.102 e. The number of nitrogen functional groups attached to an aromatic ring is 1. The molecule has 1 aromatic carbocycles. The lowest BCUT2D eigenvalue weighted by molar-refractivity contribution is 0.0123. The van der Waals surface area contributed by atoms with Gasteiger partial charge in [-0.25, -0.2) is 0 Å². The molecule has 0 spiro atoms. The summed E-state index contributed by atoms with van der Waals surface area (Å²) in [6.45, 7) is 1.61. The first-order chi connectivity index (χ1) is 6.71. The van der Waals surface area contributed by atoms with Crippen LogP contribution in [0, 0.1) is 0 Å². The van der Waals surface area contributed by atoms with Gasteiger partial charge in [-0.2, -0.15) is 0 Å². The largest absolute Gasteiger partial charge is 0.399 e. The fourth-order valence-electron chi connectivity index (χ4n) is 1.96. The molecular formula is C11H16N2O. The second-order valence-electron chi connectivity index (χ2n) is 3.94. The first-order valence-electron chi connectivity index (χ1n) is 5.00. The summed E-state index contributed by atoms with van der Waals surface area (Å²) < 4.78 is 0. The van der Waals surface area contributed by atoms with Gasteiger partial charge in [-0.15, -0.1) is 0 Å². The Morgan fingerprint density at radius 2 is 2.29 bits per heavy atom. The third kappa shape index (κ3) is 1.74. The summed E-state index contributed by atoms with van der Waals surface area (Å²) in [5.74, 6) is 0. The van der Waals surface area contributed by atoms with Gasteiger partial charge >= 0.3 is 0 Å². The van der Waals surface area contributed by atoms with Crippen LogP contribution in [0.5, 0.6) is 0 Å². The summed E-state index contributed by atoms with van der Waals surface area (Å²) in [6, 6.07) is 7.51. The second-order valence-corrected chi connectivity index (χ2v) is 3.94. The van der Waals surface area contributed by atoms with E-state index in [0.717, 1.165) is 24.9 Å². The molecule has 1 saturated heterocycles. The normalized spacial score (nSPS) is 27.5. The Morgan fingerprint density at radius 1 is 1.43 bits per heavy atom. The molecule has 0 radical (unpaired) electrons. The molecule has 1 unspecified atom stereocenters. The predicted molar refractivity (Wildman–Crippen MR) is 56.9 cm³/mol. The van der Waals surface area contributed by atoms with Crippen LogP contribution in [0.2, 0.25) is 0 Å². The molecule has 1 atom stereocenters. The highest BCUT2D eigenvalue weighted by Gasteiger charge is 2.30. The van der Waals surface area contributed by atoms with E-state index >= 15 is 0 Å². The number of aliphatic hydroxyl groups is 1. The molecule has 0 aromatic heterocycles. The summed E-state index contributed by atoms with van der Waals surface area (Å²) >= 11 is 0. The summed E-state index contributed by atoms with van der Waals surface area (Å²) in [4.78, 5) is 0. The third-order valence-electron chi connectivity index (χ3n) is 2.79. The van der Waals surface area contributed by atoms with Crippen molar-refractivity contribution in [2.75, 3.05) is 18.8 Å². The van der Waals surface area contributed by atoms with Gasteiger partial charge in [-0.1, -0.05) is 12.1 Å². The van der Waals surface area contributed by atoms with Crippen LogP contribution in [-0.2, 0) is 5.60 Å². The van der Waals surface area contributed by atoms with E-state index in [9.17, 15) is 5.11 Å². The highest BCUT2D eigenvalue weighted by Crippen LogP contribution is 2.28. The van der Waals surface area contributed by atoms with Crippen LogP contribution in [-0.4, -0.2) is 18.2 Å². The molecule has 2 rings (SSSR count). The van der Waals surface area contributed by atoms with Crippen LogP contribution in [0.25, 0.3) is 0 Å². The topological polar surface area (TPSA) is 58.3 Å².